The first-order chi connectivity index (χ1) is 15.9. The number of nitrogens with one attached hydrogen (secondary N) is 3. The van der Waals surface area contributed by atoms with E-state index in [1.165, 1.54) is 0 Å². The van der Waals surface area contributed by atoms with Gasteiger partial charge >= 0.3 is 11.9 Å². The van der Waals surface area contributed by atoms with Crippen LogP contribution in [0.2, 0.25) is 0 Å². The molecule has 0 aliphatic rings. The van der Waals surface area contributed by atoms with Crippen LogP contribution in [-0.4, -0.2) is 82.2 Å². The van der Waals surface area contributed by atoms with Crippen molar-refractivity contribution in [1.29, 1.82) is 0 Å². The van der Waals surface area contributed by atoms with Gasteiger partial charge in [0.05, 0.1) is 6.04 Å². The lowest BCUT2D eigenvalue weighted by Gasteiger charge is -2.25. The summed E-state index contributed by atoms with van der Waals surface area (Å²) >= 11 is 3.89. The lowest BCUT2D eigenvalue weighted by molar-refractivity contribution is -0.142. The molecule has 0 saturated heterocycles. The SMILES string of the molecule is NCCCCC(NC(=O)C(CCC(N)=O)NC(=O)C(CCC(=O)O)NC(=O)C(N)CS)C(=O)O. The van der Waals surface area contributed by atoms with Crippen LogP contribution < -0.4 is 33.2 Å². The Morgan fingerprint density at radius 1 is 0.765 bits per heavy atom. The molecule has 0 radical (unpaired) electrons. The standard InChI is InChI=1S/C19H34N6O8S/c20-8-2-1-3-13(19(32)33)25-18(31)11(4-6-14(22)26)24-17(30)12(5-7-15(27)28)23-16(29)10(21)9-34/h10-13,34H,1-9,20-21H2,(H2,22,26)(H,23,29)(H,24,30)(H,25,31)(H,27,28)(H,32,33). The number of hydrogen-bond acceptors (Lipinski definition) is 9. The zero-order chi connectivity index (χ0) is 26.3. The van der Waals surface area contributed by atoms with Gasteiger partial charge in [-0.3, -0.25) is 24.0 Å². The van der Waals surface area contributed by atoms with Crippen LogP contribution in [0.25, 0.3) is 0 Å². The van der Waals surface area contributed by atoms with E-state index in [0.29, 0.717) is 19.4 Å². The van der Waals surface area contributed by atoms with E-state index in [9.17, 15) is 33.9 Å². The number of unbranched alkanes of at least 4 members (excludes halogenated alkanes) is 1. The van der Waals surface area contributed by atoms with Crippen molar-refractivity contribution in [1.82, 2.24) is 16.0 Å². The third-order valence-electron chi connectivity index (χ3n) is 4.69. The average molecular weight is 507 g/mol. The predicted molar refractivity (Wildman–Crippen MR) is 123 cm³/mol. The Labute approximate surface area is 202 Å². The van der Waals surface area contributed by atoms with Crippen molar-refractivity contribution in [2.45, 2.75) is 69.1 Å². The van der Waals surface area contributed by atoms with Crippen molar-refractivity contribution in [3.8, 4) is 0 Å². The first-order valence-corrected chi connectivity index (χ1v) is 11.3. The molecule has 4 atom stereocenters. The van der Waals surface area contributed by atoms with Crippen molar-refractivity contribution >= 4 is 48.2 Å². The highest BCUT2D eigenvalue weighted by molar-refractivity contribution is 7.80. The molecule has 4 unspecified atom stereocenters. The Balaban J connectivity index is 5.53. The Bertz CT molecular complexity index is 738. The highest BCUT2D eigenvalue weighted by Crippen LogP contribution is 2.06. The second kappa shape index (κ2) is 16.7. The maximum atomic E-state index is 12.8. The first-order valence-electron chi connectivity index (χ1n) is 10.6. The minimum absolute atomic E-state index is 0.0382. The molecule has 11 N–H and O–H groups in total. The zero-order valence-electron chi connectivity index (χ0n) is 18.7. The number of rotatable bonds is 18. The highest BCUT2D eigenvalue weighted by atomic mass is 32.1. The number of carbonyl (C=O) groups is 6. The average Bonchev–Trinajstić information content (AvgIpc) is 2.77. The lowest BCUT2D eigenvalue weighted by atomic mass is 10.1. The molecule has 0 aromatic carbocycles. The largest absolute Gasteiger partial charge is 0.481 e. The Kier molecular flexibility index (Phi) is 15.2. The molecule has 0 aromatic rings. The first kappa shape index (κ1) is 31.1. The van der Waals surface area contributed by atoms with E-state index in [0.717, 1.165) is 0 Å². The summed E-state index contributed by atoms with van der Waals surface area (Å²) in [5.74, 6) is -5.88. The summed E-state index contributed by atoms with van der Waals surface area (Å²) < 4.78 is 0. The zero-order valence-corrected chi connectivity index (χ0v) is 19.6. The third kappa shape index (κ3) is 13.0. The van der Waals surface area contributed by atoms with Crippen molar-refractivity contribution < 1.29 is 39.0 Å². The number of aliphatic carboxylic acids is 2. The van der Waals surface area contributed by atoms with Gasteiger partial charge < -0.3 is 43.4 Å². The van der Waals surface area contributed by atoms with Crippen molar-refractivity contribution in [3.63, 3.8) is 0 Å². The van der Waals surface area contributed by atoms with Gasteiger partial charge in [0.1, 0.15) is 18.1 Å². The normalized spacial score (nSPS) is 14.2. The number of primary amides is 1. The van der Waals surface area contributed by atoms with E-state index < -0.39 is 66.2 Å². The van der Waals surface area contributed by atoms with E-state index in [-0.39, 0.29) is 31.4 Å². The van der Waals surface area contributed by atoms with Gasteiger partial charge in [0.25, 0.3) is 0 Å². The summed E-state index contributed by atoms with van der Waals surface area (Å²) in [5.41, 5.74) is 16.1. The van der Waals surface area contributed by atoms with Crippen molar-refractivity contribution in [3.05, 3.63) is 0 Å². The number of hydrogen-bond donors (Lipinski definition) is 9. The molecule has 0 heterocycles. The minimum Gasteiger partial charge on any atom is -0.481 e. The van der Waals surface area contributed by atoms with Gasteiger partial charge in [-0.15, -0.1) is 0 Å². The van der Waals surface area contributed by atoms with Crippen LogP contribution >= 0.6 is 12.6 Å². The van der Waals surface area contributed by atoms with Crippen LogP contribution in [0.3, 0.4) is 0 Å². The van der Waals surface area contributed by atoms with Crippen molar-refractivity contribution in [2.24, 2.45) is 17.2 Å². The quantitative estimate of drug-likeness (QED) is 0.0674. The number of carboxylic acid groups (broad SMARTS) is 2. The molecule has 0 aliphatic carbocycles. The van der Waals surface area contributed by atoms with E-state index >= 15 is 0 Å². The molecular formula is C19H34N6O8S. The third-order valence-corrected chi connectivity index (χ3v) is 5.08. The molecule has 0 saturated carbocycles. The molecule has 4 amide bonds. The number of amides is 4. The summed E-state index contributed by atoms with van der Waals surface area (Å²) in [5, 5.41) is 25.2. The Morgan fingerprint density at radius 2 is 1.26 bits per heavy atom. The number of nitrogens with two attached hydrogens (primary N) is 3. The molecular weight excluding hydrogens is 472 g/mol. The maximum Gasteiger partial charge on any atom is 0.326 e. The molecule has 0 rings (SSSR count). The Hall–Kier alpha value is -2.91. The number of carboxylic acids is 2. The molecule has 34 heavy (non-hydrogen) atoms. The van der Waals surface area contributed by atoms with E-state index in [1.54, 1.807) is 0 Å². The molecule has 0 aliphatic heterocycles. The predicted octanol–water partition coefficient (Wildman–Crippen LogP) is -2.96. The fourth-order valence-electron chi connectivity index (χ4n) is 2.75. The van der Waals surface area contributed by atoms with Crippen LogP contribution in [0.4, 0.5) is 0 Å². The van der Waals surface area contributed by atoms with Crippen LogP contribution in [0, 0.1) is 0 Å². The molecule has 0 aromatic heterocycles. The Morgan fingerprint density at radius 3 is 1.71 bits per heavy atom. The van der Waals surface area contributed by atoms with Crippen molar-refractivity contribution in [2.75, 3.05) is 12.3 Å². The van der Waals surface area contributed by atoms with Gasteiger partial charge in [-0.05, 0) is 38.6 Å². The van der Waals surface area contributed by atoms with Gasteiger partial charge in [0.15, 0.2) is 0 Å². The van der Waals surface area contributed by atoms with Gasteiger partial charge in [0, 0.05) is 18.6 Å². The van der Waals surface area contributed by atoms with Gasteiger partial charge in [-0.1, -0.05) is 0 Å². The molecule has 194 valence electrons. The highest BCUT2D eigenvalue weighted by Gasteiger charge is 2.30. The van der Waals surface area contributed by atoms with E-state index in [2.05, 4.69) is 28.6 Å². The number of carbonyl (C=O) groups excluding carboxylic acids is 4. The molecule has 0 bridgehead atoms. The monoisotopic (exact) mass is 506 g/mol. The van der Waals surface area contributed by atoms with E-state index in [4.69, 9.17) is 22.3 Å². The van der Waals surface area contributed by atoms with Gasteiger partial charge in [-0.2, -0.15) is 12.6 Å². The number of thiol groups is 1. The van der Waals surface area contributed by atoms with Crippen LogP contribution in [-0.2, 0) is 28.8 Å². The molecule has 14 nitrogen and oxygen atoms in total. The van der Waals surface area contributed by atoms with Crippen LogP contribution in [0.5, 0.6) is 0 Å². The minimum atomic E-state index is -1.38. The topological polar surface area (TPSA) is 257 Å². The fraction of sp³-hybridized carbons (Fsp3) is 0.684. The summed E-state index contributed by atoms with van der Waals surface area (Å²) in [6.07, 6.45) is -0.283. The summed E-state index contributed by atoms with van der Waals surface area (Å²) in [6, 6.07) is -5.07. The summed E-state index contributed by atoms with van der Waals surface area (Å²) in [4.78, 5) is 71.2. The molecule has 15 heteroatoms. The van der Waals surface area contributed by atoms with Gasteiger partial charge in [0.2, 0.25) is 23.6 Å². The second-order valence-electron chi connectivity index (χ2n) is 7.53. The summed E-state index contributed by atoms with van der Waals surface area (Å²) in [6.45, 7) is 0.345. The smallest absolute Gasteiger partial charge is 0.326 e. The fourth-order valence-corrected chi connectivity index (χ4v) is 2.91. The maximum absolute atomic E-state index is 12.8. The van der Waals surface area contributed by atoms with Crippen LogP contribution in [0.1, 0.15) is 44.9 Å². The lowest BCUT2D eigenvalue weighted by Crippen LogP contribution is -2.57. The van der Waals surface area contributed by atoms with Gasteiger partial charge in [-0.25, -0.2) is 4.79 Å². The molecule has 0 fully saturated rings. The second-order valence-corrected chi connectivity index (χ2v) is 7.90. The van der Waals surface area contributed by atoms with E-state index in [1.807, 2.05) is 0 Å². The summed E-state index contributed by atoms with van der Waals surface area (Å²) in [7, 11) is 0. The van der Waals surface area contributed by atoms with Crippen LogP contribution in [0.15, 0.2) is 0 Å². The molecule has 0 spiro atoms.